The SMILES string of the molecule is O=C(CN(Cc1ccco1)Cc1ccco1)Nc1ccnn1Cc1cccc(Cl)c1. The molecule has 3 heterocycles. The maximum absolute atomic E-state index is 12.8. The number of anilines is 1. The van der Waals surface area contributed by atoms with Gasteiger partial charge in [-0.2, -0.15) is 5.10 Å². The number of halogens is 1. The number of benzene rings is 1. The van der Waals surface area contributed by atoms with Gasteiger partial charge in [0.2, 0.25) is 5.91 Å². The molecule has 4 rings (SSSR count). The highest BCUT2D eigenvalue weighted by Crippen LogP contribution is 2.15. The lowest BCUT2D eigenvalue weighted by Gasteiger charge is -2.19. The Balaban J connectivity index is 1.41. The summed E-state index contributed by atoms with van der Waals surface area (Å²) in [5.74, 6) is 2.03. The number of aromatic nitrogens is 2. The van der Waals surface area contributed by atoms with Crippen molar-refractivity contribution in [1.82, 2.24) is 14.7 Å². The topological polar surface area (TPSA) is 76.4 Å². The van der Waals surface area contributed by atoms with Gasteiger partial charge in [0.15, 0.2) is 0 Å². The molecule has 1 amide bonds. The van der Waals surface area contributed by atoms with Gasteiger partial charge >= 0.3 is 0 Å². The molecule has 0 atom stereocenters. The van der Waals surface area contributed by atoms with Crippen molar-refractivity contribution in [3.63, 3.8) is 0 Å². The van der Waals surface area contributed by atoms with E-state index < -0.39 is 0 Å². The first-order chi connectivity index (χ1) is 14.7. The third kappa shape index (κ3) is 5.40. The summed E-state index contributed by atoms with van der Waals surface area (Å²) in [6.45, 7) is 1.65. The largest absolute Gasteiger partial charge is 0.468 e. The van der Waals surface area contributed by atoms with Gasteiger partial charge in [-0.3, -0.25) is 9.69 Å². The lowest BCUT2D eigenvalue weighted by atomic mass is 10.2. The Morgan fingerprint density at radius 1 is 1.03 bits per heavy atom. The van der Waals surface area contributed by atoms with Crippen LogP contribution < -0.4 is 5.32 Å². The van der Waals surface area contributed by atoms with Crippen LogP contribution in [0, 0.1) is 0 Å². The maximum atomic E-state index is 12.8. The van der Waals surface area contributed by atoms with E-state index >= 15 is 0 Å². The predicted octanol–water partition coefficient (Wildman–Crippen LogP) is 4.41. The fourth-order valence-electron chi connectivity index (χ4n) is 3.17. The number of furan rings is 2. The Kier molecular flexibility index (Phi) is 6.32. The van der Waals surface area contributed by atoms with Gasteiger partial charge in [0, 0.05) is 11.1 Å². The first kappa shape index (κ1) is 20.0. The quantitative estimate of drug-likeness (QED) is 0.430. The molecule has 4 aromatic rings. The van der Waals surface area contributed by atoms with Gasteiger partial charge in [0.25, 0.3) is 0 Å². The summed E-state index contributed by atoms with van der Waals surface area (Å²) >= 11 is 6.06. The molecule has 0 radical (unpaired) electrons. The van der Waals surface area contributed by atoms with E-state index in [1.54, 1.807) is 29.5 Å². The standard InChI is InChI=1S/C22H21ClN4O3/c23-18-5-1-4-17(12-18)13-27-21(8-9-24-27)25-22(28)16-26(14-19-6-2-10-29-19)15-20-7-3-11-30-20/h1-12H,13-16H2,(H,25,28). The van der Waals surface area contributed by atoms with E-state index in [1.165, 1.54) is 0 Å². The smallest absolute Gasteiger partial charge is 0.239 e. The molecular weight excluding hydrogens is 404 g/mol. The Hall–Kier alpha value is -3.29. The van der Waals surface area contributed by atoms with E-state index in [4.69, 9.17) is 20.4 Å². The van der Waals surface area contributed by atoms with Crippen LogP contribution in [0.25, 0.3) is 0 Å². The molecule has 0 spiro atoms. The van der Waals surface area contributed by atoms with Crippen LogP contribution in [0.4, 0.5) is 5.82 Å². The summed E-state index contributed by atoms with van der Waals surface area (Å²) < 4.78 is 12.6. The third-order valence-electron chi connectivity index (χ3n) is 4.49. The van der Waals surface area contributed by atoms with Crippen molar-refractivity contribution in [3.05, 3.63) is 95.4 Å². The summed E-state index contributed by atoms with van der Waals surface area (Å²) in [5.41, 5.74) is 0.999. The molecular formula is C22H21ClN4O3. The summed E-state index contributed by atoms with van der Waals surface area (Å²) in [4.78, 5) is 14.7. The second kappa shape index (κ2) is 9.47. The van der Waals surface area contributed by atoms with E-state index in [-0.39, 0.29) is 12.5 Å². The first-order valence-electron chi connectivity index (χ1n) is 9.49. The highest BCUT2D eigenvalue weighted by molar-refractivity contribution is 6.30. The molecule has 8 heteroatoms. The van der Waals surface area contributed by atoms with Crippen molar-refractivity contribution in [1.29, 1.82) is 0 Å². The van der Waals surface area contributed by atoms with Crippen LogP contribution in [0.5, 0.6) is 0 Å². The highest BCUT2D eigenvalue weighted by atomic mass is 35.5. The average molecular weight is 425 g/mol. The number of amides is 1. The fourth-order valence-corrected chi connectivity index (χ4v) is 3.39. The van der Waals surface area contributed by atoms with E-state index in [0.29, 0.717) is 30.5 Å². The maximum Gasteiger partial charge on any atom is 0.239 e. The summed E-state index contributed by atoms with van der Waals surface area (Å²) in [7, 11) is 0. The zero-order valence-electron chi connectivity index (χ0n) is 16.2. The Bertz CT molecular complexity index is 1040. The van der Waals surface area contributed by atoms with Gasteiger partial charge in [-0.15, -0.1) is 0 Å². The molecule has 1 N–H and O–H groups in total. The van der Waals surface area contributed by atoms with Gasteiger partial charge in [-0.05, 0) is 42.0 Å². The second-order valence-corrected chi connectivity index (χ2v) is 7.29. The molecule has 0 aliphatic heterocycles. The molecule has 0 aliphatic carbocycles. The van der Waals surface area contributed by atoms with Crippen molar-refractivity contribution in [3.8, 4) is 0 Å². The molecule has 30 heavy (non-hydrogen) atoms. The van der Waals surface area contributed by atoms with E-state index in [9.17, 15) is 4.79 Å². The minimum atomic E-state index is -0.152. The Labute approximate surface area is 178 Å². The van der Waals surface area contributed by atoms with Crippen molar-refractivity contribution >= 4 is 23.3 Å². The number of nitrogens with one attached hydrogen (secondary N) is 1. The Morgan fingerprint density at radius 3 is 2.40 bits per heavy atom. The van der Waals surface area contributed by atoms with Crippen LogP contribution in [-0.2, 0) is 24.4 Å². The molecule has 0 aliphatic rings. The van der Waals surface area contributed by atoms with Crippen LogP contribution in [0.3, 0.4) is 0 Å². The molecule has 0 saturated heterocycles. The third-order valence-corrected chi connectivity index (χ3v) is 4.73. The highest BCUT2D eigenvalue weighted by Gasteiger charge is 2.16. The van der Waals surface area contributed by atoms with Crippen LogP contribution >= 0.6 is 11.6 Å². The zero-order valence-corrected chi connectivity index (χ0v) is 17.0. The first-order valence-corrected chi connectivity index (χ1v) is 9.87. The molecule has 1 aromatic carbocycles. The molecule has 0 saturated carbocycles. The van der Waals surface area contributed by atoms with E-state index in [0.717, 1.165) is 17.1 Å². The summed E-state index contributed by atoms with van der Waals surface area (Å²) in [6.07, 6.45) is 4.90. The zero-order chi connectivity index (χ0) is 20.8. The fraction of sp³-hybridized carbons (Fsp3) is 0.182. The number of rotatable bonds is 9. The number of nitrogens with zero attached hydrogens (tertiary/aromatic N) is 3. The normalized spacial score (nSPS) is 11.1. The summed E-state index contributed by atoms with van der Waals surface area (Å²) in [5, 5.41) is 7.91. The van der Waals surface area contributed by atoms with Crippen LogP contribution in [-0.4, -0.2) is 27.1 Å². The van der Waals surface area contributed by atoms with Crippen LogP contribution in [0.15, 0.2) is 82.2 Å². The molecule has 0 fully saturated rings. The van der Waals surface area contributed by atoms with Gasteiger partial charge in [-0.25, -0.2) is 4.68 Å². The minimum absolute atomic E-state index is 0.152. The lowest BCUT2D eigenvalue weighted by molar-refractivity contribution is -0.117. The predicted molar refractivity (Wildman–Crippen MR) is 113 cm³/mol. The summed E-state index contributed by atoms with van der Waals surface area (Å²) in [6, 6.07) is 16.7. The van der Waals surface area contributed by atoms with Gasteiger partial charge in [-0.1, -0.05) is 23.7 Å². The molecule has 3 aromatic heterocycles. The number of carbonyl (C=O) groups is 1. The van der Waals surface area contributed by atoms with Crippen LogP contribution in [0.1, 0.15) is 17.1 Å². The Morgan fingerprint density at radius 2 is 1.77 bits per heavy atom. The molecule has 154 valence electrons. The van der Waals surface area contributed by atoms with E-state index in [2.05, 4.69) is 10.4 Å². The van der Waals surface area contributed by atoms with E-state index in [1.807, 2.05) is 53.4 Å². The van der Waals surface area contributed by atoms with Crippen molar-refractivity contribution in [2.24, 2.45) is 0 Å². The molecule has 7 nitrogen and oxygen atoms in total. The van der Waals surface area contributed by atoms with Crippen molar-refractivity contribution in [2.75, 3.05) is 11.9 Å². The van der Waals surface area contributed by atoms with Gasteiger partial charge in [0.1, 0.15) is 17.3 Å². The number of hydrogen-bond acceptors (Lipinski definition) is 5. The van der Waals surface area contributed by atoms with Crippen molar-refractivity contribution < 1.29 is 13.6 Å². The van der Waals surface area contributed by atoms with Gasteiger partial charge < -0.3 is 14.2 Å². The van der Waals surface area contributed by atoms with Crippen molar-refractivity contribution in [2.45, 2.75) is 19.6 Å². The number of carbonyl (C=O) groups excluding carboxylic acids is 1. The second-order valence-electron chi connectivity index (χ2n) is 6.86. The average Bonchev–Trinajstić information content (AvgIpc) is 3.47. The monoisotopic (exact) mass is 424 g/mol. The number of hydrogen-bond donors (Lipinski definition) is 1. The lowest BCUT2D eigenvalue weighted by Crippen LogP contribution is -2.33. The minimum Gasteiger partial charge on any atom is -0.468 e. The molecule has 0 unspecified atom stereocenters. The van der Waals surface area contributed by atoms with Gasteiger partial charge in [0.05, 0.1) is 44.9 Å². The van der Waals surface area contributed by atoms with Crippen LogP contribution in [0.2, 0.25) is 5.02 Å². The molecule has 0 bridgehead atoms.